The van der Waals surface area contributed by atoms with Crippen LogP contribution in [0.1, 0.15) is 30.5 Å². The fourth-order valence-electron chi connectivity index (χ4n) is 3.34. The van der Waals surface area contributed by atoms with Gasteiger partial charge < -0.3 is 9.47 Å². The Morgan fingerprint density at radius 1 is 1.09 bits per heavy atom. The van der Waals surface area contributed by atoms with Crippen molar-refractivity contribution < 1.29 is 22.7 Å². The normalized spacial score (nSPS) is 16.8. The first-order valence-corrected chi connectivity index (χ1v) is 13.3. The number of amides is 1. The number of carbonyl (C=O) groups is 1. The standard InChI is InChI=1S/C24H24N4O5S2/c1-4-32-20-13-17(10-11-19(20)33-14-16-8-6-15(3)7-9-16)12-18-21(25)28-23(26-22(18)29)34-27-24(28)35(30,31)5-2/h6-13,25H,4-5,14H2,1-3H3. The van der Waals surface area contributed by atoms with Crippen LogP contribution in [0.2, 0.25) is 0 Å². The third-order valence-corrected chi connectivity index (χ3v) is 7.65. The number of fused-ring (bicyclic) bond motifs is 1. The third kappa shape index (κ3) is 5.15. The Kier molecular flexibility index (Phi) is 7.08. The predicted octanol–water partition coefficient (Wildman–Crippen LogP) is 3.98. The van der Waals surface area contributed by atoms with Gasteiger partial charge >= 0.3 is 0 Å². The minimum atomic E-state index is -3.71. The number of carbonyl (C=O) groups excluding carboxylic acids is 1. The third-order valence-electron chi connectivity index (χ3n) is 5.25. The Hall–Kier alpha value is -3.44. The highest BCUT2D eigenvalue weighted by atomic mass is 32.2. The van der Waals surface area contributed by atoms with Gasteiger partial charge in [-0.15, -0.1) is 0 Å². The zero-order chi connectivity index (χ0) is 25.2. The first-order valence-electron chi connectivity index (χ1n) is 10.9. The molecule has 182 valence electrons. The van der Waals surface area contributed by atoms with E-state index >= 15 is 0 Å². The second kappa shape index (κ2) is 10.0. The van der Waals surface area contributed by atoms with Crippen LogP contribution in [0.5, 0.6) is 11.5 Å². The van der Waals surface area contributed by atoms with E-state index < -0.39 is 15.7 Å². The van der Waals surface area contributed by atoms with E-state index in [4.69, 9.17) is 14.9 Å². The lowest BCUT2D eigenvalue weighted by molar-refractivity contribution is -0.114. The van der Waals surface area contributed by atoms with Crippen molar-refractivity contribution in [1.82, 2.24) is 4.90 Å². The van der Waals surface area contributed by atoms with E-state index in [2.05, 4.69) is 9.39 Å². The van der Waals surface area contributed by atoms with Crippen LogP contribution in [0.25, 0.3) is 6.08 Å². The van der Waals surface area contributed by atoms with Crippen molar-refractivity contribution in [3.05, 3.63) is 64.7 Å². The van der Waals surface area contributed by atoms with Gasteiger partial charge in [0.05, 0.1) is 29.9 Å². The van der Waals surface area contributed by atoms with E-state index in [1.54, 1.807) is 18.2 Å². The van der Waals surface area contributed by atoms with Crippen LogP contribution in [0, 0.1) is 12.3 Å². The van der Waals surface area contributed by atoms with E-state index in [-0.39, 0.29) is 27.5 Å². The quantitative estimate of drug-likeness (QED) is 0.440. The van der Waals surface area contributed by atoms with Crippen molar-refractivity contribution >= 4 is 49.9 Å². The summed E-state index contributed by atoms with van der Waals surface area (Å²) in [5, 5.41) is 8.30. The molecule has 2 aliphatic rings. The molecule has 0 fully saturated rings. The number of nitrogens with zero attached hydrogens (tertiary/aromatic N) is 3. The lowest BCUT2D eigenvalue weighted by Gasteiger charge is -2.24. The average Bonchev–Trinajstić information content (AvgIpc) is 3.27. The second-order valence-corrected chi connectivity index (χ2v) is 10.6. The number of ether oxygens (including phenoxy) is 2. The maximum absolute atomic E-state index is 12.6. The summed E-state index contributed by atoms with van der Waals surface area (Å²) in [6, 6.07) is 13.2. The van der Waals surface area contributed by atoms with E-state index in [0.29, 0.717) is 30.3 Å². The van der Waals surface area contributed by atoms with Crippen molar-refractivity contribution in [2.75, 3.05) is 12.4 Å². The molecule has 2 aromatic rings. The number of benzene rings is 2. The van der Waals surface area contributed by atoms with Crippen molar-refractivity contribution in [1.29, 1.82) is 5.41 Å². The molecule has 11 heteroatoms. The van der Waals surface area contributed by atoms with E-state index in [9.17, 15) is 13.2 Å². The molecule has 0 aromatic heterocycles. The molecule has 9 nitrogen and oxygen atoms in total. The fourth-order valence-corrected chi connectivity index (χ4v) is 5.31. The molecule has 0 aliphatic carbocycles. The number of amidine groups is 3. The van der Waals surface area contributed by atoms with Crippen LogP contribution in [-0.2, 0) is 21.2 Å². The van der Waals surface area contributed by atoms with Gasteiger partial charge in [-0.05, 0) is 43.2 Å². The highest BCUT2D eigenvalue weighted by Crippen LogP contribution is 2.33. The maximum Gasteiger partial charge on any atom is 0.283 e. The number of rotatable bonds is 7. The minimum Gasteiger partial charge on any atom is -0.490 e. The first kappa shape index (κ1) is 24.7. The smallest absolute Gasteiger partial charge is 0.283 e. The van der Waals surface area contributed by atoms with E-state index in [1.165, 1.54) is 18.6 Å². The SMILES string of the molecule is CCOc1cc(C=C2C(=N)N3C(=NC2=O)SN=C3S(=O)(=O)CC)ccc1OCc1ccc(C)cc1. The summed E-state index contributed by atoms with van der Waals surface area (Å²) in [6.45, 7) is 6.13. The van der Waals surface area contributed by atoms with Gasteiger partial charge in [-0.1, -0.05) is 42.8 Å². The lowest BCUT2D eigenvalue weighted by atomic mass is 10.1. The maximum atomic E-state index is 12.6. The van der Waals surface area contributed by atoms with Crippen LogP contribution < -0.4 is 9.47 Å². The van der Waals surface area contributed by atoms with Crippen LogP contribution in [0.3, 0.4) is 0 Å². The Bertz CT molecular complexity index is 1380. The fraction of sp³-hybridized carbons (Fsp3) is 0.250. The second-order valence-electron chi connectivity index (χ2n) is 7.72. The molecule has 35 heavy (non-hydrogen) atoms. The van der Waals surface area contributed by atoms with Crippen molar-refractivity contribution in [2.24, 2.45) is 9.39 Å². The van der Waals surface area contributed by atoms with Gasteiger partial charge in [-0.3, -0.25) is 10.2 Å². The van der Waals surface area contributed by atoms with Gasteiger partial charge in [0.2, 0.25) is 20.2 Å². The van der Waals surface area contributed by atoms with Crippen molar-refractivity contribution in [3.8, 4) is 11.5 Å². The number of hydrogen-bond acceptors (Lipinski definition) is 8. The molecule has 1 amide bonds. The number of hydrogen-bond donors (Lipinski definition) is 1. The van der Waals surface area contributed by atoms with Crippen LogP contribution in [0.15, 0.2) is 57.4 Å². The molecule has 4 rings (SSSR count). The van der Waals surface area contributed by atoms with Gasteiger partial charge in [-0.2, -0.15) is 9.39 Å². The number of aryl methyl sites for hydroxylation is 1. The molecule has 0 saturated carbocycles. The minimum absolute atomic E-state index is 0.0500. The van der Waals surface area contributed by atoms with Gasteiger partial charge in [0, 0.05) is 0 Å². The monoisotopic (exact) mass is 512 g/mol. The summed E-state index contributed by atoms with van der Waals surface area (Å²) in [4.78, 5) is 17.7. The highest BCUT2D eigenvalue weighted by molar-refractivity contribution is 8.16. The topological polar surface area (TPSA) is 121 Å². The Morgan fingerprint density at radius 3 is 2.51 bits per heavy atom. The van der Waals surface area contributed by atoms with Crippen molar-refractivity contribution in [3.63, 3.8) is 0 Å². The van der Waals surface area contributed by atoms with Gasteiger partial charge in [0.15, 0.2) is 11.5 Å². The van der Waals surface area contributed by atoms with Crippen LogP contribution in [-0.4, -0.2) is 47.8 Å². The molecule has 1 N–H and O–H groups in total. The molecule has 0 atom stereocenters. The summed E-state index contributed by atoms with van der Waals surface area (Å²) in [5.41, 5.74) is 2.71. The number of sulfone groups is 1. The molecular formula is C24H24N4O5S2. The zero-order valence-electron chi connectivity index (χ0n) is 19.4. The molecule has 0 unspecified atom stereocenters. The number of aliphatic imine (C=N–C) groups is 1. The molecular weight excluding hydrogens is 488 g/mol. The molecule has 2 aromatic carbocycles. The van der Waals surface area contributed by atoms with Gasteiger partial charge in [0.1, 0.15) is 12.4 Å². The summed E-state index contributed by atoms with van der Waals surface area (Å²) in [6.07, 6.45) is 1.48. The molecule has 0 spiro atoms. The van der Waals surface area contributed by atoms with Gasteiger partial charge in [-0.25, -0.2) is 13.3 Å². The average molecular weight is 513 g/mol. The zero-order valence-corrected chi connectivity index (χ0v) is 21.1. The van der Waals surface area contributed by atoms with E-state index in [0.717, 1.165) is 22.4 Å². The molecule has 0 saturated heterocycles. The summed E-state index contributed by atoms with van der Waals surface area (Å²) in [7, 11) is -3.71. The highest BCUT2D eigenvalue weighted by Gasteiger charge is 2.42. The molecule has 0 bridgehead atoms. The van der Waals surface area contributed by atoms with E-state index in [1.807, 2.05) is 38.1 Å². The Morgan fingerprint density at radius 2 is 1.83 bits per heavy atom. The summed E-state index contributed by atoms with van der Waals surface area (Å²) >= 11 is 0.767. The Balaban J connectivity index is 1.61. The first-order chi connectivity index (χ1) is 16.7. The molecule has 2 aliphatic heterocycles. The van der Waals surface area contributed by atoms with Crippen LogP contribution >= 0.6 is 11.9 Å². The number of nitrogens with one attached hydrogen (secondary N) is 1. The lowest BCUT2D eigenvalue weighted by Crippen LogP contribution is -2.45. The van der Waals surface area contributed by atoms with Crippen LogP contribution in [0.4, 0.5) is 0 Å². The summed E-state index contributed by atoms with van der Waals surface area (Å²) in [5.74, 6) is -0.0897. The summed E-state index contributed by atoms with van der Waals surface area (Å²) < 4.78 is 40.4. The molecule has 0 radical (unpaired) electrons. The largest absolute Gasteiger partial charge is 0.490 e. The predicted molar refractivity (Wildman–Crippen MR) is 138 cm³/mol. The van der Waals surface area contributed by atoms with Crippen molar-refractivity contribution in [2.45, 2.75) is 27.4 Å². The molecule has 2 heterocycles. The Labute approximate surface area is 208 Å². The van der Waals surface area contributed by atoms with Gasteiger partial charge in [0.25, 0.3) is 5.91 Å².